The van der Waals surface area contributed by atoms with Crippen molar-refractivity contribution in [2.24, 2.45) is 0 Å². The van der Waals surface area contributed by atoms with Gasteiger partial charge < -0.3 is 5.43 Å². The van der Waals surface area contributed by atoms with Crippen LogP contribution in [0, 0.1) is 6.92 Å². The molecule has 1 aromatic carbocycles. The number of benzene rings is 1. The highest BCUT2D eigenvalue weighted by molar-refractivity contribution is 6.33. The lowest BCUT2D eigenvalue weighted by Gasteiger charge is -2.06. The molecule has 0 bridgehead atoms. The molecule has 0 saturated heterocycles. The first kappa shape index (κ1) is 8.37. The number of anilines is 1. The zero-order chi connectivity index (χ0) is 8.27. The molecule has 0 aliphatic rings. The highest BCUT2D eigenvalue weighted by Crippen LogP contribution is 2.21. The Labute approximate surface area is 71.5 Å². The average Bonchev–Trinajstić information content (AvgIpc) is 1.95. The molecule has 0 aliphatic carbocycles. The normalized spacial score (nSPS) is 9.73. The summed E-state index contributed by atoms with van der Waals surface area (Å²) in [5.74, 6) is 0. The summed E-state index contributed by atoms with van der Waals surface area (Å²) >= 11 is 5.91. The van der Waals surface area contributed by atoms with E-state index in [0.29, 0.717) is 0 Å². The van der Waals surface area contributed by atoms with Gasteiger partial charge in [0, 0.05) is 7.05 Å². The lowest BCUT2D eigenvalue weighted by molar-refractivity contribution is 0.984. The van der Waals surface area contributed by atoms with Crippen molar-refractivity contribution in [1.29, 1.82) is 0 Å². The fraction of sp³-hybridized carbons (Fsp3) is 0.250. The summed E-state index contributed by atoms with van der Waals surface area (Å²) in [5.41, 5.74) is 7.80. The van der Waals surface area contributed by atoms with E-state index in [1.54, 1.807) is 7.05 Å². The third kappa shape index (κ3) is 2.10. The van der Waals surface area contributed by atoms with Gasteiger partial charge >= 0.3 is 0 Å². The van der Waals surface area contributed by atoms with Crippen LogP contribution < -0.4 is 10.9 Å². The fourth-order valence-electron chi connectivity index (χ4n) is 0.856. The monoisotopic (exact) mass is 170 g/mol. The molecule has 2 N–H and O–H groups in total. The number of hydrogen-bond donors (Lipinski definition) is 2. The first-order valence-electron chi connectivity index (χ1n) is 3.43. The molecule has 1 rings (SSSR count). The van der Waals surface area contributed by atoms with Crippen LogP contribution in [0.3, 0.4) is 0 Å². The number of rotatable bonds is 2. The first-order valence-corrected chi connectivity index (χ1v) is 3.80. The van der Waals surface area contributed by atoms with Crippen LogP contribution in [0.4, 0.5) is 5.69 Å². The van der Waals surface area contributed by atoms with E-state index in [-0.39, 0.29) is 0 Å². The first-order chi connectivity index (χ1) is 5.24. The zero-order valence-electron chi connectivity index (χ0n) is 6.61. The molecule has 0 radical (unpaired) electrons. The van der Waals surface area contributed by atoms with E-state index < -0.39 is 0 Å². The topological polar surface area (TPSA) is 24.1 Å². The van der Waals surface area contributed by atoms with Gasteiger partial charge in [-0.1, -0.05) is 17.7 Å². The average molecular weight is 171 g/mol. The van der Waals surface area contributed by atoms with E-state index in [1.807, 2.05) is 25.1 Å². The zero-order valence-corrected chi connectivity index (χ0v) is 7.37. The smallest absolute Gasteiger partial charge is 0.0674 e. The summed E-state index contributed by atoms with van der Waals surface area (Å²) in [5, 5.41) is 0.736. The molecule has 0 spiro atoms. The Kier molecular flexibility index (Phi) is 2.74. The lowest BCUT2D eigenvalue weighted by Crippen LogP contribution is -2.15. The minimum atomic E-state index is 0.736. The van der Waals surface area contributed by atoms with Gasteiger partial charge in [0.1, 0.15) is 0 Å². The van der Waals surface area contributed by atoms with E-state index in [9.17, 15) is 0 Å². The lowest BCUT2D eigenvalue weighted by atomic mass is 10.2. The van der Waals surface area contributed by atoms with Crippen LogP contribution in [0.5, 0.6) is 0 Å². The van der Waals surface area contributed by atoms with Gasteiger partial charge in [-0.05, 0) is 24.6 Å². The van der Waals surface area contributed by atoms with Crippen molar-refractivity contribution in [2.45, 2.75) is 6.92 Å². The minimum Gasteiger partial charge on any atom is -0.320 e. The second kappa shape index (κ2) is 3.60. The highest BCUT2D eigenvalue weighted by Gasteiger charge is 1.96. The Morgan fingerprint density at radius 2 is 2.09 bits per heavy atom. The van der Waals surface area contributed by atoms with Gasteiger partial charge in [0.05, 0.1) is 10.7 Å². The predicted octanol–water partition coefficient (Wildman–Crippen LogP) is 2.19. The largest absolute Gasteiger partial charge is 0.320 e. The molecular weight excluding hydrogens is 160 g/mol. The molecule has 0 unspecified atom stereocenters. The van der Waals surface area contributed by atoms with Crippen LogP contribution in [0.15, 0.2) is 18.2 Å². The molecule has 0 aliphatic heterocycles. The number of aryl methyl sites for hydroxylation is 1. The minimum absolute atomic E-state index is 0.736. The maximum atomic E-state index is 5.91. The van der Waals surface area contributed by atoms with Gasteiger partial charge in [0.25, 0.3) is 0 Å². The molecular formula is C8H11ClN2. The Balaban J connectivity index is 2.90. The van der Waals surface area contributed by atoms with Gasteiger partial charge in [-0.2, -0.15) is 0 Å². The SMILES string of the molecule is CNNc1ccc(C)cc1Cl. The van der Waals surface area contributed by atoms with Crippen molar-refractivity contribution in [3.8, 4) is 0 Å². The number of halogens is 1. The van der Waals surface area contributed by atoms with Gasteiger partial charge in [0.15, 0.2) is 0 Å². The molecule has 2 nitrogen and oxygen atoms in total. The molecule has 1 aromatic rings. The summed E-state index contributed by atoms with van der Waals surface area (Å²) < 4.78 is 0. The van der Waals surface area contributed by atoms with Crippen LogP contribution in [0.1, 0.15) is 5.56 Å². The van der Waals surface area contributed by atoms with Crippen molar-refractivity contribution < 1.29 is 0 Å². The van der Waals surface area contributed by atoms with Crippen LogP contribution in [-0.2, 0) is 0 Å². The van der Waals surface area contributed by atoms with Crippen LogP contribution in [0.25, 0.3) is 0 Å². The molecule has 60 valence electrons. The molecule has 3 heteroatoms. The van der Waals surface area contributed by atoms with E-state index in [0.717, 1.165) is 16.3 Å². The van der Waals surface area contributed by atoms with Crippen LogP contribution in [-0.4, -0.2) is 7.05 Å². The third-order valence-corrected chi connectivity index (χ3v) is 1.70. The van der Waals surface area contributed by atoms with Crippen molar-refractivity contribution >= 4 is 17.3 Å². The Morgan fingerprint density at radius 1 is 1.36 bits per heavy atom. The Morgan fingerprint density at radius 3 is 2.64 bits per heavy atom. The van der Waals surface area contributed by atoms with Crippen molar-refractivity contribution in [3.63, 3.8) is 0 Å². The molecule has 0 atom stereocenters. The van der Waals surface area contributed by atoms with E-state index >= 15 is 0 Å². The molecule has 11 heavy (non-hydrogen) atoms. The molecule has 0 amide bonds. The Hall–Kier alpha value is -0.730. The fourth-order valence-corrected chi connectivity index (χ4v) is 1.14. The second-order valence-electron chi connectivity index (χ2n) is 2.36. The van der Waals surface area contributed by atoms with Crippen molar-refractivity contribution in [1.82, 2.24) is 5.43 Å². The Bertz CT molecular complexity index is 248. The maximum absolute atomic E-state index is 5.91. The highest BCUT2D eigenvalue weighted by atomic mass is 35.5. The van der Waals surface area contributed by atoms with Crippen molar-refractivity contribution in [2.75, 3.05) is 12.5 Å². The number of hydrazine groups is 1. The summed E-state index contributed by atoms with van der Waals surface area (Å²) in [4.78, 5) is 0. The second-order valence-corrected chi connectivity index (χ2v) is 2.77. The number of hydrogen-bond acceptors (Lipinski definition) is 2. The van der Waals surface area contributed by atoms with E-state index in [4.69, 9.17) is 11.6 Å². The van der Waals surface area contributed by atoms with Gasteiger partial charge in [0.2, 0.25) is 0 Å². The van der Waals surface area contributed by atoms with Crippen LogP contribution >= 0.6 is 11.6 Å². The molecule has 0 aromatic heterocycles. The van der Waals surface area contributed by atoms with E-state index in [2.05, 4.69) is 10.9 Å². The summed E-state index contributed by atoms with van der Waals surface area (Å²) in [7, 11) is 1.80. The van der Waals surface area contributed by atoms with Gasteiger partial charge in [-0.15, -0.1) is 0 Å². The molecule has 0 heterocycles. The van der Waals surface area contributed by atoms with E-state index in [1.165, 1.54) is 0 Å². The van der Waals surface area contributed by atoms with Gasteiger partial charge in [-0.3, -0.25) is 0 Å². The van der Waals surface area contributed by atoms with Gasteiger partial charge in [-0.25, -0.2) is 5.43 Å². The number of nitrogens with one attached hydrogen (secondary N) is 2. The standard InChI is InChI=1S/C8H11ClN2/c1-6-3-4-8(11-10-2)7(9)5-6/h3-5,10-11H,1-2H3. The predicted molar refractivity (Wildman–Crippen MR) is 48.9 cm³/mol. The quantitative estimate of drug-likeness (QED) is 0.665. The summed E-state index contributed by atoms with van der Waals surface area (Å²) in [6, 6.07) is 5.86. The molecule has 0 saturated carbocycles. The molecule has 0 fully saturated rings. The van der Waals surface area contributed by atoms with Crippen molar-refractivity contribution in [3.05, 3.63) is 28.8 Å². The van der Waals surface area contributed by atoms with Crippen LogP contribution in [0.2, 0.25) is 5.02 Å². The summed E-state index contributed by atoms with van der Waals surface area (Å²) in [6.07, 6.45) is 0. The maximum Gasteiger partial charge on any atom is 0.0674 e. The third-order valence-electron chi connectivity index (χ3n) is 1.38. The summed E-state index contributed by atoms with van der Waals surface area (Å²) in [6.45, 7) is 2.01.